The number of rotatable bonds is 8. The van der Waals surface area contributed by atoms with E-state index in [0.29, 0.717) is 18.4 Å². The smallest absolute Gasteiger partial charge is 0.226 e. The van der Waals surface area contributed by atoms with Crippen LogP contribution in [0, 0.1) is 12.7 Å². The van der Waals surface area contributed by atoms with Gasteiger partial charge in [-0.15, -0.1) is 0 Å². The molecule has 3 rings (SSSR count). The number of aliphatic imine (C=N–C) groups is 1. The van der Waals surface area contributed by atoms with Gasteiger partial charge in [0.25, 0.3) is 0 Å². The van der Waals surface area contributed by atoms with Crippen LogP contribution in [0.2, 0.25) is 0 Å². The second-order valence-corrected chi connectivity index (χ2v) is 7.23. The molecule has 1 heterocycles. The highest BCUT2D eigenvalue weighted by atomic mass is 19.1. The van der Waals surface area contributed by atoms with Gasteiger partial charge in [0, 0.05) is 32.2 Å². The summed E-state index contributed by atoms with van der Waals surface area (Å²) in [4.78, 5) is 10.9. The third kappa shape index (κ3) is 6.42. The van der Waals surface area contributed by atoms with Crippen LogP contribution in [-0.2, 0) is 13.1 Å². The topological polar surface area (TPSA) is 65.7 Å². The van der Waals surface area contributed by atoms with Crippen molar-refractivity contribution in [1.29, 1.82) is 0 Å². The van der Waals surface area contributed by atoms with E-state index in [9.17, 15) is 4.39 Å². The van der Waals surface area contributed by atoms with Gasteiger partial charge in [-0.05, 0) is 43.8 Å². The summed E-state index contributed by atoms with van der Waals surface area (Å²) in [6.45, 7) is 4.87. The number of nitrogens with zero attached hydrogens (tertiary/aromatic N) is 3. The lowest BCUT2D eigenvalue weighted by Gasteiger charge is -2.18. The fraction of sp³-hybridized carbons (Fsp3) is 0.304. The number of oxazole rings is 1. The van der Waals surface area contributed by atoms with E-state index in [1.54, 1.807) is 13.3 Å². The molecular weight excluding hydrogens is 381 g/mol. The molecule has 2 aromatic carbocycles. The van der Waals surface area contributed by atoms with Crippen LogP contribution in [0.1, 0.15) is 16.8 Å². The fourth-order valence-corrected chi connectivity index (χ4v) is 2.96. The Hall–Kier alpha value is -3.19. The van der Waals surface area contributed by atoms with Gasteiger partial charge in [-0.3, -0.25) is 4.99 Å². The minimum Gasteiger partial charge on any atom is -0.444 e. The Labute approximate surface area is 176 Å². The van der Waals surface area contributed by atoms with Crippen LogP contribution in [0.3, 0.4) is 0 Å². The first-order chi connectivity index (χ1) is 14.5. The van der Waals surface area contributed by atoms with Crippen molar-refractivity contribution in [2.24, 2.45) is 4.99 Å². The highest BCUT2D eigenvalue weighted by molar-refractivity contribution is 5.79. The predicted molar refractivity (Wildman–Crippen MR) is 118 cm³/mol. The molecule has 0 amide bonds. The number of likely N-dealkylation sites (N-methyl/N-ethyl adjacent to an activating group) is 1. The average Bonchev–Trinajstić information content (AvgIpc) is 3.22. The van der Waals surface area contributed by atoms with Crippen molar-refractivity contribution < 1.29 is 8.81 Å². The zero-order valence-electron chi connectivity index (χ0n) is 17.7. The third-order valence-corrected chi connectivity index (χ3v) is 4.66. The summed E-state index contributed by atoms with van der Waals surface area (Å²) in [6, 6.07) is 14.7. The molecule has 6 nitrogen and oxygen atoms in total. The summed E-state index contributed by atoms with van der Waals surface area (Å²) in [7, 11) is 3.77. The highest BCUT2D eigenvalue weighted by Gasteiger charge is 2.08. The molecule has 0 atom stereocenters. The minimum atomic E-state index is -0.212. The summed E-state index contributed by atoms with van der Waals surface area (Å²) in [5.74, 6) is 1.10. The Morgan fingerprint density at radius 1 is 1.10 bits per heavy atom. The number of nitrogens with one attached hydrogen (secondary N) is 2. The van der Waals surface area contributed by atoms with Crippen LogP contribution < -0.4 is 10.6 Å². The molecule has 0 bridgehead atoms. The summed E-state index contributed by atoms with van der Waals surface area (Å²) in [5, 5.41) is 6.53. The van der Waals surface area contributed by atoms with Gasteiger partial charge in [0.15, 0.2) is 5.96 Å². The van der Waals surface area contributed by atoms with Crippen molar-refractivity contribution in [2.75, 3.05) is 27.2 Å². The maximum absolute atomic E-state index is 13.0. The molecule has 0 aliphatic heterocycles. The van der Waals surface area contributed by atoms with Crippen molar-refractivity contribution in [2.45, 2.75) is 20.0 Å². The van der Waals surface area contributed by atoms with Crippen LogP contribution in [0.5, 0.6) is 0 Å². The van der Waals surface area contributed by atoms with Crippen molar-refractivity contribution in [1.82, 2.24) is 20.5 Å². The first-order valence-electron chi connectivity index (χ1n) is 9.92. The molecule has 0 aliphatic rings. The zero-order valence-corrected chi connectivity index (χ0v) is 17.7. The van der Waals surface area contributed by atoms with Gasteiger partial charge in [-0.25, -0.2) is 9.37 Å². The van der Waals surface area contributed by atoms with Gasteiger partial charge < -0.3 is 20.0 Å². The number of benzene rings is 2. The third-order valence-electron chi connectivity index (χ3n) is 4.66. The number of guanidine groups is 1. The largest absolute Gasteiger partial charge is 0.444 e. The van der Waals surface area contributed by atoms with E-state index in [1.165, 1.54) is 17.7 Å². The molecule has 158 valence electrons. The van der Waals surface area contributed by atoms with Crippen LogP contribution >= 0.6 is 0 Å². The van der Waals surface area contributed by atoms with Gasteiger partial charge in [-0.1, -0.05) is 29.8 Å². The van der Waals surface area contributed by atoms with Crippen LogP contribution in [0.15, 0.2) is 64.2 Å². The first kappa shape index (κ1) is 21.5. The second kappa shape index (κ2) is 10.5. The maximum Gasteiger partial charge on any atom is 0.226 e. The molecule has 1 aromatic heterocycles. The first-order valence-corrected chi connectivity index (χ1v) is 9.92. The number of halogens is 1. The van der Waals surface area contributed by atoms with Gasteiger partial charge in [0.05, 0.1) is 12.2 Å². The number of hydrogen-bond acceptors (Lipinski definition) is 4. The molecule has 0 saturated carbocycles. The zero-order chi connectivity index (χ0) is 21.3. The molecule has 3 aromatic rings. The molecule has 2 N–H and O–H groups in total. The molecule has 30 heavy (non-hydrogen) atoms. The van der Waals surface area contributed by atoms with Gasteiger partial charge >= 0.3 is 0 Å². The van der Waals surface area contributed by atoms with E-state index >= 15 is 0 Å². The van der Waals surface area contributed by atoms with Crippen molar-refractivity contribution >= 4 is 5.96 Å². The number of aryl methyl sites for hydroxylation is 1. The normalized spacial score (nSPS) is 11.7. The minimum absolute atomic E-state index is 0.212. The Kier molecular flexibility index (Phi) is 7.57. The Morgan fingerprint density at radius 3 is 2.53 bits per heavy atom. The molecule has 0 fully saturated rings. The van der Waals surface area contributed by atoms with Gasteiger partial charge in [0.2, 0.25) is 5.89 Å². The predicted octanol–water partition coefficient (Wildman–Crippen LogP) is 3.59. The molecule has 7 heteroatoms. The summed E-state index contributed by atoms with van der Waals surface area (Å²) < 4.78 is 18.6. The standard InChI is InChI=1S/C23H28FN5O/c1-17-4-8-19(9-5-17)22-28-21(16-30-22)14-27-23(25-2)26-12-13-29(3)15-18-6-10-20(24)11-7-18/h4-11,16H,12-15H2,1-3H3,(H2,25,26,27). The van der Waals surface area contributed by atoms with E-state index in [1.807, 2.05) is 50.4 Å². The number of aromatic nitrogens is 1. The van der Waals surface area contributed by atoms with Crippen LogP contribution in [0.25, 0.3) is 11.5 Å². The number of hydrogen-bond donors (Lipinski definition) is 2. The molecule has 0 unspecified atom stereocenters. The van der Waals surface area contributed by atoms with E-state index in [-0.39, 0.29) is 5.82 Å². The summed E-state index contributed by atoms with van der Waals surface area (Å²) >= 11 is 0. The molecule has 0 radical (unpaired) electrons. The second-order valence-electron chi connectivity index (χ2n) is 7.23. The van der Waals surface area contributed by atoms with Crippen molar-refractivity contribution in [3.8, 4) is 11.5 Å². The Bertz CT molecular complexity index is 950. The molecular formula is C23H28FN5O. The summed E-state index contributed by atoms with van der Waals surface area (Å²) in [6.07, 6.45) is 1.66. The maximum atomic E-state index is 13.0. The SMILES string of the molecule is CN=C(NCCN(C)Cc1ccc(F)cc1)NCc1coc(-c2ccc(C)cc2)n1. The van der Waals surface area contributed by atoms with E-state index in [0.717, 1.165) is 36.5 Å². The Morgan fingerprint density at radius 2 is 1.83 bits per heavy atom. The fourth-order valence-electron chi connectivity index (χ4n) is 2.96. The lowest BCUT2D eigenvalue weighted by molar-refractivity contribution is 0.331. The van der Waals surface area contributed by atoms with Gasteiger partial charge in [-0.2, -0.15) is 0 Å². The lowest BCUT2D eigenvalue weighted by Crippen LogP contribution is -2.40. The van der Waals surface area contributed by atoms with Crippen LogP contribution in [0.4, 0.5) is 4.39 Å². The van der Waals surface area contributed by atoms with Crippen molar-refractivity contribution in [3.63, 3.8) is 0 Å². The van der Waals surface area contributed by atoms with E-state index in [4.69, 9.17) is 4.42 Å². The van der Waals surface area contributed by atoms with Gasteiger partial charge in [0.1, 0.15) is 12.1 Å². The molecule has 0 spiro atoms. The summed E-state index contributed by atoms with van der Waals surface area (Å²) in [5.41, 5.74) is 4.04. The van der Waals surface area contributed by atoms with E-state index in [2.05, 4.69) is 25.5 Å². The molecule has 0 aliphatic carbocycles. The highest BCUT2D eigenvalue weighted by Crippen LogP contribution is 2.18. The van der Waals surface area contributed by atoms with Crippen molar-refractivity contribution in [3.05, 3.63) is 77.4 Å². The van der Waals surface area contributed by atoms with Crippen LogP contribution in [-0.4, -0.2) is 43.0 Å². The molecule has 0 saturated heterocycles. The average molecular weight is 410 g/mol. The Balaban J connectivity index is 1.41. The quantitative estimate of drug-likeness (QED) is 0.440. The lowest BCUT2D eigenvalue weighted by atomic mass is 10.1. The van der Waals surface area contributed by atoms with E-state index < -0.39 is 0 Å². The monoisotopic (exact) mass is 409 g/mol.